The second-order valence-corrected chi connectivity index (χ2v) is 8.08. The van der Waals surface area contributed by atoms with Gasteiger partial charge in [0.25, 0.3) is 0 Å². The van der Waals surface area contributed by atoms with E-state index in [0.717, 1.165) is 11.1 Å². The Morgan fingerprint density at radius 3 is 2.44 bits per heavy atom. The molecule has 2 aromatic rings. The van der Waals surface area contributed by atoms with Gasteiger partial charge in [-0.2, -0.15) is 9.57 Å². The molecule has 6 nitrogen and oxygen atoms in total. The molecule has 7 heteroatoms. The van der Waals surface area contributed by atoms with Crippen LogP contribution in [-0.2, 0) is 15.8 Å². The number of hydrogen-bond acceptors (Lipinski definition) is 5. The third-order valence-electron chi connectivity index (χ3n) is 4.31. The highest BCUT2D eigenvalue weighted by atomic mass is 32.2. The topological polar surface area (TPSA) is 77.3 Å². The molecule has 1 aromatic carbocycles. The summed E-state index contributed by atoms with van der Waals surface area (Å²) in [5, 5.41) is 9.19. The standard InChI is InChI=1S/C18H20N4O2S/c1-15-4-6-16(7-5-15)14-25(23,24)22-11-9-21(10-12-22)18-17(13-19)3-2-8-20-18/h2-8H,9-12,14H2,1H3. The molecule has 0 radical (unpaired) electrons. The molecule has 0 N–H and O–H groups in total. The van der Waals surface area contributed by atoms with Gasteiger partial charge < -0.3 is 4.90 Å². The minimum atomic E-state index is -3.35. The van der Waals surface area contributed by atoms with E-state index in [0.29, 0.717) is 37.6 Å². The van der Waals surface area contributed by atoms with Gasteiger partial charge in [-0.15, -0.1) is 0 Å². The van der Waals surface area contributed by atoms with Gasteiger partial charge in [0.05, 0.1) is 11.3 Å². The number of anilines is 1. The number of piperazine rings is 1. The van der Waals surface area contributed by atoms with Gasteiger partial charge in [-0.1, -0.05) is 29.8 Å². The molecule has 1 aliphatic heterocycles. The fraction of sp³-hybridized carbons (Fsp3) is 0.333. The van der Waals surface area contributed by atoms with E-state index in [1.807, 2.05) is 36.1 Å². The van der Waals surface area contributed by atoms with Crippen LogP contribution in [0.25, 0.3) is 0 Å². The van der Waals surface area contributed by atoms with Crippen LogP contribution in [0.1, 0.15) is 16.7 Å². The zero-order chi connectivity index (χ0) is 17.9. The van der Waals surface area contributed by atoms with Crippen LogP contribution < -0.4 is 4.90 Å². The van der Waals surface area contributed by atoms with Crippen LogP contribution in [0.2, 0.25) is 0 Å². The second-order valence-electron chi connectivity index (χ2n) is 6.11. The molecule has 1 aliphatic rings. The number of rotatable bonds is 4. The van der Waals surface area contributed by atoms with Crippen molar-refractivity contribution in [2.75, 3.05) is 31.1 Å². The quantitative estimate of drug-likeness (QED) is 0.836. The summed E-state index contributed by atoms with van der Waals surface area (Å²) in [5.74, 6) is 0.640. The zero-order valence-electron chi connectivity index (χ0n) is 14.1. The summed E-state index contributed by atoms with van der Waals surface area (Å²) in [7, 11) is -3.35. The number of hydrogen-bond donors (Lipinski definition) is 0. The van der Waals surface area contributed by atoms with Crippen molar-refractivity contribution in [3.63, 3.8) is 0 Å². The van der Waals surface area contributed by atoms with Crippen molar-refractivity contribution in [1.29, 1.82) is 5.26 Å². The molecule has 1 aromatic heterocycles. The Hall–Kier alpha value is -2.43. The third-order valence-corrected chi connectivity index (χ3v) is 6.16. The normalized spacial score (nSPS) is 15.8. The molecule has 1 saturated heterocycles. The first kappa shape index (κ1) is 17.4. The van der Waals surface area contributed by atoms with Crippen molar-refractivity contribution in [3.05, 3.63) is 59.3 Å². The van der Waals surface area contributed by atoms with Crippen LogP contribution >= 0.6 is 0 Å². The first-order valence-corrected chi connectivity index (χ1v) is 9.74. The molecule has 130 valence electrons. The molecule has 25 heavy (non-hydrogen) atoms. The molecule has 0 unspecified atom stereocenters. The Labute approximate surface area is 148 Å². The van der Waals surface area contributed by atoms with Crippen molar-refractivity contribution in [3.8, 4) is 6.07 Å². The number of sulfonamides is 1. The summed E-state index contributed by atoms with van der Waals surface area (Å²) >= 11 is 0. The first-order valence-electron chi connectivity index (χ1n) is 8.13. The van der Waals surface area contributed by atoms with Crippen LogP contribution in [0, 0.1) is 18.3 Å². The molecule has 0 spiro atoms. The lowest BCUT2D eigenvalue weighted by Gasteiger charge is -2.35. The highest BCUT2D eigenvalue weighted by molar-refractivity contribution is 7.88. The maximum Gasteiger partial charge on any atom is 0.218 e. The molecular weight excluding hydrogens is 336 g/mol. The lowest BCUT2D eigenvalue weighted by atomic mass is 10.2. The van der Waals surface area contributed by atoms with E-state index < -0.39 is 10.0 Å². The number of nitrogens with zero attached hydrogens (tertiary/aromatic N) is 4. The molecule has 2 heterocycles. The minimum absolute atomic E-state index is 0.0142. The zero-order valence-corrected chi connectivity index (χ0v) is 14.9. The number of benzene rings is 1. The molecule has 0 saturated carbocycles. The van der Waals surface area contributed by atoms with Crippen LogP contribution in [0.15, 0.2) is 42.6 Å². The van der Waals surface area contributed by atoms with Crippen LogP contribution in [0.5, 0.6) is 0 Å². The summed E-state index contributed by atoms with van der Waals surface area (Å²) in [6.07, 6.45) is 1.65. The summed E-state index contributed by atoms with van der Waals surface area (Å²) in [5.41, 5.74) is 2.42. The number of aryl methyl sites for hydroxylation is 1. The Kier molecular flexibility index (Phi) is 5.02. The smallest absolute Gasteiger partial charge is 0.218 e. The molecular formula is C18H20N4O2S. The highest BCUT2D eigenvalue weighted by Crippen LogP contribution is 2.20. The third kappa shape index (κ3) is 3.98. The predicted molar refractivity (Wildman–Crippen MR) is 96.5 cm³/mol. The van der Waals surface area contributed by atoms with Crippen molar-refractivity contribution in [2.24, 2.45) is 0 Å². The van der Waals surface area contributed by atoms with Crippen LogP contribution in [0.4, 0.5) is 5.82 Å². The average molecular weight is 356 g/mol. The van der Waals surface area contributed by atoms with Crippen molar-refractivity contribution in [1.82, 2.24) is 9.29 Å². The lowest BCUT2D eigenvalue weighted by Crippen LogP contribution is -2.49. The summed E-state index contributed by atoms with van der Waals surface area (Å²) < 4.78 is 26.8. The van der Waals surface area contributed by atoms with Gasteiger partial charge in [0.15, 0.2) is 0 Å². The van der Waals surface area contributed by atoms with E-state index >= 15 is 0 Å². The summed E-state index contributed by atoms with van der Waals surface area (Å²) in [6, 6.07) is 13.1. The van der Waals surface area contributed by atoms with Gasteiger partial charge in [0.1, 0.15) is 11.9 Å². The average Bonchev–Trinajstić information content (AvgIpc) is 2.63. The van der Waals surface area contributed by atoms with Gasteiger partial charge in [0, 0.05) is 32.4 Å². The molecule has 0 aliphatic carbocycles. The summed E-state index contributed by atoms with van der Waals surface area (Å²) in [6.45, 7) is 3.83. The Bertz CT molecular complexity index is 880. The van der Waals surface area contributed by atoms with Gasteiger partial charge in [-0.3, -0.25) is 0 Å². The lowest BCUT2D eigenvalue weighted by molar-refractivity contribution is 0.383. The van der Waals surface area contributed by atoms with Gasteiger partial charge in [-0.25, -0.2) is 13.4 Å². The Morgan fingerprint density at radius 2 is 1.80 bits per heavy atom. The number of aromatic nitrogens is 1. The fourth-order valence-electron chi connectivity index (χ4n) is 2.90. The minimum Gasteiger partial charge on any atom is -0.353 e. The van der Waals surface area contributed by atoms with Crippen molar-refractivity contribution >= 4 is 15.8 Å². The number of pyridine rings is 1. The molecule has 0 bridgehead atoms. The first-order chi connectivity index (χ1) is 12.0. The summed E-state index contributed by atoms with van der Waals surface area (Å²) in [4.78, 5) is 6.24. The maximum absolute atomic E-state index is 12.6. The van der Waals surface area contributed by atoms with Crippen LogP contribution in [0.3, 0.4) is 0 Å². The van der Waals surface area contributed by atoms with Gasteiger partial charge in [-0.05, 0) is 24.6 Å². The highest BCUT2D eigenvalue weighted by Gasteiger charge is 2.28. The van der Waals surface area contributed by atoms with E-state index in [1.54, 1.807) is 18.3 Å². The second kappa shape index (κ2) is 7.21. The largest absolute Gasteiger partial charge is 0.353 e. The van der Waals surface area contributed by atoms with Gasteiger partial charge in [0.2, 0.25) is 10.0 Å². The molecule has 0 atom stereocenters. The van der Waals surface area contributed by atoms with Crippen molar-refractivity contribution in [2.45, 2.75) is 12.7 Å². The van der Waals surface area contributed by atoms with Gasteiger partial charge >= 0.3 is 0 Å². The van der Waals surface area contributed by atoms with E-state index in [2.05, 4.69) is 11.1 Å². The molecule has 0 amide bonds. The fourth-order valence-corrected chi connectivity index (χ4v) is 4.42. The van der Waals surface area contributed by atoms with Crippen LogP contribution in [-0.4, -0.2) is 43.9 Å². The Balaban J connectivity index is 1.67. The van der Waals surface area contributed by atoms with Crippen molar-refractivity contribution < 1.29 is 8.42 Å². The maximum atomic E-state index is 12.6. The Morgan fingerprint density at radius 1 is 1.12 bits per heavy atom. The predicted octanol–water partition coefficient (Wildman–Crippen LogP) is 1.91. The van der Waals surface area contributed by atoms with E-state index in [1.165, 1.54) is 4.31 Å². The van der Waals surface area contributed by atoms with E-state index in [9.17, 15) is 13.7 Å². The molecule has 3 rings (SSSR count). The molecule has 1 fully saturated rings. The van der Waals surface area contributed by atoms with E-state index in [-0.39, 0.29) is 5.75 Å². The van der Waals surface area contributed by atoms with E-state index in [4.69, 9.17) is 0 Å². The SMILES string of the molecule is Cc1ccc(CS(=O)(=O)N2CCN(c3ncccc3C#N)CC2)cc1. The monoisotopic (exact) mass is 356 g/mol. The number of nitriles is 1.